The highest BCUT2D eigenvalue weighted by atomic mass is 16.5. The summed E-state index contributed by atoms with van der Waals surface area (Å²) in [4.78, 5) is 79.3. The molecule has 0 radical (unpaired) electrons. The number of hydrogen-bond donors (Lipinski definition) is 2. The van der Waals surface area contributed by atoms with Crippen LogP contribution in [0, 0.1) is 17.3 Å². The predicted molar refractivity (Wildman–Crippen MR) is 257 cm³/mol. The molecule has 2 fully saturated rings. The average molecular weight is 901 g/mol. The molecule has 6 bridgehead atoms. The summed E-state index contributed by atoms with van der Waals surface area (Å²) in [5.74, 6) is -2.52. The van der Waals surface area contributed by atoms with Crippen molar-refractivity contribution in [3.05, 3.63) is 90.3 Å². The van der Waals surface area contributed by atoms with E-state index in [-0.39, 0.29) is 37.3 Å². The summed E-state index contributed by atoms with van der Waals surface area (Å²) in [5.41, 5.74) is 11.1. The lowest BCUT2D eigenvalue weighted by Crippen LogP contribution is -2.62. The second-order valence-corrected chi connectivity index (χ2v) is 19.8. The van der Waals surface area contributed by atoms with Crippen molar-refractivity contribution in [3.8, 4) is 22.4 Å². The number of cyclic esters (lactones) is 1. The van der Waals surface area contributed by atoms with E-state index in [0.717, 1.165) is 69.5 Å². The van der Waals surface area contributed by atoms with Crippen LogP contribution in [-0.2, 0) is 54.5 Å². The van der Waals surface area contributed by atoms with Gasteiger partial charge in [-0.3, -0.25) is 34.0 Å². The lowest BCUT2D eigenvalue weighted by Gasteiger charge is -2.37. The zero-order chi connectivity index (χ0) is 47.4. The van der Waals surface area contributed by atoms with E-state index in [0.29, 0.717) is 38.8 Å². The van der Waals surface area contributed by atoms with E-state index >= 15 is 0 Å². The highest BCUT2D eigenvalue weighted by Gasteiger charge is 2.40. The van der Waals surface area contributed by atoms with Crippen molar-refractivity contribution in [1.82, 2.24) is 40.0 Å². The van der Waals surface area contributed by atoms with Crippen LogP contribution in [-0.4, -0.2) is 131 Å². The molecule has 3 aliphatic rings. The molecule has 2 aromatic heterocycles. The van der Waals surface area contributed by atoms with E-state index in [9.17, 15) is 24.0 Å². The van der Waals surface area contributed by atoms with Crippen molar-refractivity contribution >= 4 is 40.5 Å². The van der Waals surface area contributed by atoms with Crippen LogP contribution in [0.5, 0.6) is 0 Å². The molecular formula is C52H68N8O6. The topological polar surface area (TPSA) is 149 Å². The number of ether oxygens (including phenoxy) is 1. The Bertz CT molecular complexity index is 2480. The van der Waals surface area contributed by atoms with Gasteiger partial charge in [-0.15, -0.1) is 0 Å². The van der Waals surface area contributed by atoms with Crippen LogP contribution in [0.1, 0.15) is 70.6 Å². The van der Waals surface area contributed by atoms with Gasteiger partial charge in [-0.25, -0.2) is 5.43 Å². The molecule has 14 nitrogen and oxygen atoms in total. The summed E-state index contributed by atoms with van der Waals surface area (Å²) >= 11 is 0. The molecule has 0 unspecified atom stereocenters. The number of nitrogens with one attached hydrogen (secondary N) is 2. The monoisotopic (exact) mass is 901 g/mol. The molecule has 7 rings (SSSR count). The van der Waals surface area contributed by atoms with Crippen molar-refractivity contribution in [1.29, 1.82) is 0 Å². The summed E-state index contributed by atoms with van der Waals surface area (Å²) in [5, 5.41) is 5.62. The van der Waals surface area contributed by atoms with E-state index in [1.165, 1.54) is 16.0 Å². The van der Waals surface area contributed by atoms with Crippen molar-refractivity contribution in [2.75, 3.05) is 53.9 Å². The summed E-state index contributed by atoms with van der Waals surface area (Å²) in [6, 6.07) is 14.2. The smallest absolute Gasteiger partial charge is 0.324 e. The molecule has 5 heterocycles. The molecule has 66 heavy (non-hydrogen) atoms. The third-order valence-electron chi connectivity index (χ3n) is 13.4. The summed E-state index contributed by atoms with van der Waals surface area (Å²) in [7, 11) is 5.76. The number of carbonyl (C=O) groups is 5. The maximum absolute atomic E-state index is 14.7. The maximum Gasteiger partial charge on any atom is 0.324 e. The van der Waals surface area contributed by atoms with E-state index in [2.05, 4.69) is 98.1 Å². The van der Waals surface area contributed by atoms with Crippen LogP contribution in [0.3, 0.4) is 0 Å². The van der Waals surface area contributed by atoms with Gasteiger partial charge in [0.1, 0.15) is 18.1 Å². The Morgan fingerprint density at radius 3 is 2.52 bits per heavy atom. The van der Waals surface area contributed by atoms with Gasteiger partial charge in [0.25, 0.3) is 5.91 Å². The molecule has 3 aliphatic heterocycles. The number of amides is 4. The fraction of sp³-hybridized carbons (Fsp3) is 0.500. The standard InChI is InChI=1S/C52H68N8O6/c1-10-45(61)58-23-20-38(31-58)49(63)57(9)46(33(3)4)48(62)54-43-26-34-14-12-15-36(24-34)37-17-18-44-40(27-37)41(47(59(44)11-2)39-25-35(29-53-30-39)19-22-56(7)8)28-52(5,6)32-66-51(65)42-16-13-21-60(55-42)50(43)64/h10,12,14-15,17-18,24-25,27,29-30,33,38,42-43,46,55H,1,11,13,16,19-23,26,28,31-32H2,2-9H3,(H,54,62)/t38-,42-,43-,46-/m0/s1. The molecule has 2 N–H and O–H groups in total. The van der Waals surface area contributed by atoms with Gasteiger partial charge in [-0.2, -0.15) is 0 Å². The lowest BCUT2D eigenvalue weighted by molar-refractivity contribution is -0.155. The van der Waals surface area contributed by atoms with Gasteiger partial charge in [0.15, 0.2) is 0 Å². The number of esters is 1. The normalized spacial score (nSPS) is 20.5. The number of hydrazine groups is 1. The molecule has 352 valence electrons. The number of fused-ring (bicyclic) bond motifs is 6. The van der Waals surface area contributed by atoms with Crippen LogP contribution < -0.4 is 10.7 Å². The number of pyridine rings is 1. The first-order chi connectivity index (χ1) is 31.5. The number of likely N-dealkylation sites (tertiary alicyclic amines) is 1. The fourth-order valence-electron chi connectivity index (χ4n) is 9.96. The average Bonchev–Trinajstić information content (AvgIpc) is 3.92. The molecular weight excluding hydrogens is 833 g/mol. The molecule has 4 amide bonds. The van der Waals surface area contributed by atoms with Crippen molar-refractivity contribution in [3.63, 3.8) is 0 Å². The second kappa shape index (κ2) is 20.3. The Labute approximate surface area is 389 Å². The first-order valence-corrected chi connectivity index (χ1v) is 23.5. The van der Waals surface area contributed by atoms with Crippen LogP contribution in [0.15, 0.2) is 73.6 Å². The van der Waals surface area contributed by atoms with E-state index in [1.54, 1.807) is 11.9 Å². The molecule has 14 heteroatoms. The van der Waals surface area contributed by atoms with Gasteiger partial charge in [0.05, 0.1) is 18.2 Å². The first kappa shape index (κ1) is 48.1. The zero-order valence-electron chi connectivity index (χ0n) is 40.1. The van der Waals surface area contributed by atoms with Gasteiger partial charge < -0.3 is 29.3 Å². The molecule has 0 saturated carbocycles. The SMILES string of the molecule is C=CC(=O)N1CC[C@H](C(=O)N(C)[C@H](C(=O)N[C@H]2Cc3cccc(c3)-c3ccc4c(c3)c(c(-c3cncc(CCN(C)C)c3)n4CC)CC(C)(C)COC(=O)[C@@H]3CCCN(N3)C2=O)C(C)C)C1. The number of benzene rings is 2. The molecule has 4 aromatic rings. The van der Waals surface area contributed by atoms with E-state index < -0.39 is 47.2 Å². The quantitative estimate of drug-likeness (QED) is 0.144. The van der Waals surface area contributed by atoms with Crippen LogP contribution in [0.2, 0.25) is 0 Å². The zero-order valence-corrected chi connectivity index (χ0v) is 40.1. The largest absolute Gasteiger partial charge is 0.464 e. The summed E-state index contributed by atoms with van der Waals surface area (Å²) in [6.07, 6.45) is 8.31. The number of rotatable bonds is 11. The minimum Gasteiger partial charge on any atom is -0.464 e. The van der Waals surface area contributed by atoms with Crippen molar-refractivity contribution in [2.24, 2.45) is 17.3 Å². The Morgan fingerprint density at radius 2 is 1.79 bits per heavy atom. The van der Waals surface area contributed by atoms with Crippen molar-refractivity contribution < 1.29 is 28.7 Å². The molecule has 4 atom stereocenters. The molecule has 2 saturated heterocycles. The van der Waals surface area contributed by atoms with Gasteiger partial charge in [0, 0.05) is 80.5 Å². The van der Waals surface area contributed by atoms with Gasteiger partial charge in [-0.1, -0.05) is 64.6 Å². The van der Waals surface area contributed by atoms with E-state index in [4.69, 9.17) is 9.72 Å². The number of hydrogen-bond acceptors (Lipinski definition) is 9. The van der Waals surface area contributed by atoms with Gasteiger partial charge in [-0.05, 0) is 111 Å². The lowest BCUT2D eigenvalue weighted by atomic mass is 9.84. The van der Waals surface area contributed by atoms with Crippen LogP contribution in [0.4, 0.5) is 0 Å². The van der Waals surface area contributed by atoms with Crippen LogP contribution in [0.25, 0.3) is 33.3 Å². The molecule has 0 aliphatic carbocycles. The fourth-order valence-corrected chi connectivity index (χ4v) is 9.96. The second-order valence-electron chi connectivity index (χ2n) is 19.8. The Balaban J connectivity index is 1.27. The minimum absolute atomic E-state index is 0.157. The molecule has 2 aromatic carbocycles. The highest BCUT2D eigenvalue weighted by molar-refractivity contribution is 5.96. The first-order valence-electron chi connectivity index (χ1n) is 23.5. The number of aromatic nitrogens is 2. The number of likely N-dealkylation sites (N-methyl/N-ethyl adjacent to an activating group) is 2. The van der Waals surface area contributed by atoms with Crippen LogP contribution >= 0.6 is 0 Å². The summed E-state index contributed by atoms with van der Waals surface area (Å²) < 4.78 is 8.49. The number of nitrogens with zero attached hydrogens (tertiary/aromatic N) is 6. The number of carbonyl (C=O) groups excluding carboxylic acids is 5. The third kappa shape index (κ3) is 10.5. The number of aryl methyl sites for hydroxylation is 1. The molecule has 0 spiro atoms. The highest BCUT2D eigenvalue weighted by Crippen LogP contribution is 2.40. The Morgan fingerprint density at radius 1 is 1.02 bits per heavy atom. The Hall–Kier alpha value is -5.86. The van der Waals surface area contributed by atoms with E-state index in [1.807, 2.05) is 38.4 Å². The van der Waals surface area contributed by atoms with Crippen molar-refractivity contribution in [2.45, 2.75) is 97.8 Å². The minimum atomic E-state index is -1.04. The maximum atomic E-state index is 14.7. The van der Waals surface area contributed by atoms with Gasteiger partial charge in [0.2, 0.25) is 17.7 Å². The van der Waals surface area contributed by atoms with Gasteiger partial charge >= 0.3 is 5.97 Å². The summed E-state index contributed by atoms with van der Waals surface area (Å²) in [6.45, 7) is 16.5. The predicted octanol–water partition coefficient (Wildman–Crippen LogP) is 5.66. The Kier molecular flexibility index (Phi) is 14.8. The third-order valence-corrected chi connectivity index (χ3v) is 13.4.